The molecule has 1 aliphatic rings. The van der Waals surface area contributed by atoms with Gasteiger partial charge in [0.1, 0.15) is 11.6 Å². The van der Waals surface area contributed by atoms with Gasteiger partial charge in [-0.3, -0.25) is 5.41 Å². The van der Waals surface area contributed by atoms with E-state index in [0.29, 0.717) is 5.56 Å². The Bertz CT molecular complexity index is 456. The van der Waals surface area contributed by atoms with E-state index < -0.39 is 0 Å². The lowest BCUT2D eigenvalue weighted by Gasteiger charge is -2.29. The second-order valence-corrected chi connectivity index (χ2v) is 5.59. The summed E-state index contributed by atoms with van der Waals surface area (Å²) in [5, 5.41) is 7.64. The van der Waals surface area contributed by atoms with Gasteiger partial charge in [0.2, 0.25) is 0 Å². The van der Waals surface area contributed by atoms with Gasteiger partial charge in [0.15, 0.2) is 0 Å². The van der Waals surface area contributed by atoms with E-state index in [4.69, 9.17) is 15.9 Å². The van der Waals surface area contributed by atoms with Crippen LogP contribution in [-0.4, -0.2) is 11.9 Å². The van der Waals surface area contributed by atoms with Crippen molar-refractivity contribution in [3.05, 3.63) is 29.3 Å². The van der Waals surface area contributed by atoms with Crippen molar-refractivity contribution in [1.29, 1.82) is 5.41 Å². The Kier molecular flexibility index (Phi) is 4.46. The van der Waals surface area contributed by atoms with Gasteiger partial charge in [-0.25, -0.2) is 0 Å². The molecule has 2 unspecified atom stereocenters. The van der Waals surface area contributed by atoms with Crippen molar-refractivity contribution in [2.45, 2.75) is 52.1 Å². The minimum Gasteiger partial charge on any atom is -0.490 e. The van der Waals surface area contributed by atoms with Crippen LogP contribution in [0.2, 0.25) is 0 Å². The number of benzene rings is 1. The van der Waals surface area contributed by atoms with Gasteiger partial charge in [-0.1, -0.05) is 25.8 Å². The zero-order valence-corrected chi connectivity index (χ0v) is 11.9. The predicted molar refractivity (Wildman–Crippen MR) is 78.9 cm³/mol. The zero-order valence-electron chi connectivity index (χ0n) is 11.9. The first-order chi connectivity index (χ1) is 9.10. The summed E-state index contributed by atoms with van der Waals surface area (Å²) in [5.74, 6) is 1.64. The molecule has 2 rings (SSSR count). The summed E-state index contributed by atoms with van der Waals surface area (Å²) in [6.07, 6.45) is 6.31. The molecule has 0 aliphatic heterocycles. The molecule has 104 valence electrons. The van der Waals surface area contributed by atoms with Crippen LogP contribution in [-0.2, 0) is 0 Å². The van der Waals surface area contributed by atoms with E-state index in [0.717, 1.165) is 30.1 Å². The summed E-state index contributed by atoms with van der Waals surface area (Å²) in [5.41, 5.74) is 7.48. The summed E-state index contributed by atoms with van der Waals surface area (Å²) in [4.78, 5) is 0. The number of hydrogen-bond donors (Lipinski definition) is 2. The molecule has 0 aromatic heterocycles. The van der Waals surface area contributed by atoms with Crippen molar-refractivity contribution in [2.24, 2.45) is 11.7 Å². The van der Waals surface area contributed by atoms with E-state index >= 15 is 0 Å². The predicted octanol–water partition coefficient (Wildman–Crippen LogP) is 3.63. The minimum atomic E-state index is 0.0813. The highest BCUT2D eigenvalue weighted by Gasteiger charge is 2.23. The third-order valence-electron chi connectivity index (χ3n) is 4.03. The molecule has 3 N–H and O–H groups in total. The molecule has 2 atom stereocenters. The Morgan fingerprint density at radius 1 is 1.42 bits per heavy atom. The third-order valence-corrected chi connectivity index (χ3v) is 4.03. The highest BCUT2D eigenvalue weighted by atomic mass is 16.5. The summed E-state index contributed by atoms with van der Waals surface area (Å²) < 4.78 is 6.14. The Morgan fingerprint density at radius 3 is 2.89 bits per heavy atom. The van der Waals surface area contributed by atoms with Crippen LogP contribution < -0.4 is 10.5 Å². The molecule has 0 bridgehead atoms. The van der Waals surface area contributed by atoms with Crippen LogP contribution in [0, 0.1) is 18.3 Å². The van der Waals surface area contributed by atoms with E-state index in [9.17, 15) is 0 Å². The van der Waals surface area contributed by atoms with Crippen LogP contribution in [0.4, 0.5) is 0 Å². The minimum absolute atomic E-state index is 0.0813. The van der Waals surface area contributed by atoms with Crippen LogP contribution in [0.15, 0.2) is 18.2 Å². The molecular weight excluding hydrogens is 236 g/mol. The van der Waals surface area contributed by atoms with Crippen LogP contribution in [0.5, 0.6) is 5.75 Å². The molecular formula is C16H24N2O. The number of aryl methyl sites for hydroxylation is 1. The first-order valence-corrected chi connectivity index (χ1v) is 7.21. The average molecular weight is 260 g/mol. The molecule has 0 heterocycles. The van der Waals surface area contributed by atoms with E-state index in [1.54, 1.807) is 0 Å². The largest absolute Gasteiger partial charge is 0.490 e. The molecule has 1 aromatic carbocycles. The number of nitrogens with two attached hydrogens (primary N) is 1. The number of hydrogen-bond acceptors (Lipinski definition) is 2. The quantitative estimate of drug-likeness (QED) is 0.641. The summed E-state index contributed by atoms with van der Waals surface area (Å²) in [6.45, 7) is 4.28. The molecule has 0 spiro atoms. The lowest BCUT2D eigenvalue weighted by Crippen LogP contribution is -2.26. The number of ether oxygens (including phenoxy) is 1. The van der Waals surface area contributed by atoms with Crippen molar-refractivity contribution in [3.63, 3.8) is 0 Å². The maximum atomic E-state index is 7.64. The standard InChI is InChI=1S/C16H24N2O/c1-3-12-5-4-6-13(10-12)19-15-9-11(2)7-8-14(15)16(17)18/h7-9,12-13H,3-6,10H2,1-2H3,(H3,17,18). The number of nitrogen functional groups attached to an aromatic ring is 1. The molecule has 1 aliphatic carbocycles. The van der Waals surface area contributed by atoms with Crippen molar-refractivity contribution in [2.75, 3.05) is 0 Å². The van der Waals surface area contributed by atoms with Crippen molar-refractivity contribution in [3.8, 4) is 5.75 Å². The Morgan fingerprint density at radius 2 is 2.21 bits per heavy atom. The first-order valence-electron chi connectivity index (χ1n) is 7.21. The number of amidine groups is 1. The average Bonchev–Trinajstić information content (AvgIpc) is 2.38. The van der Waals surface area contributed by atoms with Crippen molar-refractivity contribution in [1.82, 2.24) is 0 Å². The van der Waals surface area contributed by atoms with Gasteiger partial charge in [-0.15, -0.1) is 0 Å². The van der Waals surface area contributed by atoms with Crippen LogP contribution in [0.1, 0.15) is 50.2 Å². The normalized spacial score (nSPS) is 23.1. The zero-order chi connectivity index (χ0) is 13.8. The Hall–Kier alpha value is -1.51. The van der Waals surface area contributed by atoms with Crippen molar-refractivity contribution < 1.29 is 4.74 Å². The molecule has 3 heteroatoms. The smallest absolute Gasteiger partial charge is 0.130 e. The van der Waals surface area contributed by atoms with Gasteiger partial charge < -0.3 is 10.5 Å². The summed E-state index contributed by atoms with van der Waals surface area (Å²) in [6, 6.07) is 5.85. The maximum absolute atomic E-state index is 7.64. The Balaban J connectivity index is 2.13. The first kappa shape index (κ1) is 13.9. The third kappa shape index (κ3) is 3.49. The fourth-order valence-corrected chi connectivity index (χ4v) is 2.85. The lowest BCUT2D eigenvalue weighted by atomic mass is 9.85. The van der Waals surface area contributed by atoms with E-state index in [2.05, 4.69) is 6.92 Å². The van der Waals surface area contributed by atoms with E-state index in [-0.39, 0.29) is 11.9 Å². The molecule has 3 nitrogen and oxygen atoms in total. The van der Waals surface area contributed by atoms with Crippen molar-refractivity contribution >= 4 is 5.84 Å². The van der Waals surface area contributed by atoms with Gasteiger partial charge in [-0.05, 0) is 49.8 Å². The van der Waals surface area contributed by atoms with Gasteiger partial charge in [-0.2, -0.15) is 0 Å². The molecule has 1 aromatic rings. The van der Waals surface area contributed by atoms with Gasteiger partial charge >= 0.3 is 0 Å². The fraction of sp³-hybridized carbons (Fsp3) is 0.562. The van der Waals surface area contributed by atoms with Gasteiger partial charge in [0.25, 0.3) is 0 Å². The van der Waals surface area contributed by atoms with Gasteiger partial charge in [0.05, 0.1) is 11.7 Å². The second kappa shape index (κ2) is 6.09. The summed E-state index contributed by atoms with van der Waals surface area (Å²) in [7, 11) is 0. The highest BCUT2D eigenvalue weighted by Crippen LogP contribution is 2.31. The monoisotopic (exact) mass is 260 g/mol. The molecule has 1 fully saturated rings. The molecule has 0 amide bonds. The topological polar surface area (TPSA) is 59.1 Å². The van der Waals surface area contributed by atoms with E-state index in [1.165, 1.54) is 19.3 Å². The highest BCUT2D eigenvalue weighted by molar-refractivity contribution is 5.97. The summed E-state index contributed by atoms with van der Waals surface area (Å²) >= 11 is 0. The van der Waals surface area contributed by atoms with Crippen LogP contribution >= 0.6 is 0 Å². The molecule has 1 saturated carbocycles. The van der Waals surface area contributed by atoms with Gasteiger partial charge in [0, 0.05) is 0 Å². The maximum Gasteiger partial charge on any atom is 0.130 e. The number of rotatable bonds is 4. The molecule has 0 saturated heterocycles. The van der Waals surface area contributed by atoms with Crippen LogP contribution in [0.3, 0.4) is 0 Å². The Labute approximate surface area is 115 Å². The fourth-order valence-electron chi connectivity index (χ4n) is 2.85. The van der Waals surface area contributed by atoms with E-state index in [1.807, 2.05) is 25.1 Å². The second-order valence-electron chi connectivity index (χ2n) is 5.59. The number of nitrogens with one attached hydrogen (secondary N) is 1. The van der Waals surface area contributed by atoms with Crippen LogP contribution in [0.25, 0.3) is 0 Å². The SMILES string of the molecule is CCC1CCCC(Oc2cc(C)ccc2C(=N)N)C1. The molecule has 0 radical (unpaired) electrons. The lowest BCUT2D eigenvalue weighted by molar-refractivity contribution is 0.122. The molecule has 19 heavy (non-hydrogen) atoms.